The number of nitrogens with zero attached hydrogens (tertiary/aromatic N) is 3. The smallest absolute Gasteiger partial charge is 0.230 e. The van der Waals surface area contributed by atoms with Gasteiger partial charge in [0.05, 0.1) is 18.4 Å². The van der Waals surface area contributed by atoms with Crippen LogP contribution in [0.3, 0.4) is 0 Å². The van der Waals surface area contributed by atoms with Crippen LogP contribution >= 0.6 is 11.8 Å². The number of carbonyl (C=O) groups is 1. The van der Waals surface area contributed by atoms with E-state index in [2.05, 4.69) is 15.5 Å². The predicted molar refractivity (Wildman–Crippen MR) is 85.6 cm³/mol. The number of benzene rings is 1. The Balaban J connectivity index is 1.84. The van der Waals surface area contributed by atoms with E-state index in [1.165, 1.54) is 11.8 Å². The molecule has 0 aliphatic rings. The van der Waals surface area contributed by atoms with Gasteiger partial charge in [0, 0.05) is 18.6 Å². The van der Waals surface area contributed by atoms with Crippen LogP contribution in [0, 0.1) is 0 Å². The average molecular weight is 320 g/mol. The van der Waals surface area contributed by atoms with E-state index in [9.17, 15) is 4.79 Å². The van der Waals surface area contributed by atoms with Crippen LogP contribution in [-0.2, 0) is 16.1 Å². The zero-order valence-corrected chi connectivity index (χ0v) is 13.5. The van der Waals surface area contributed by atoms with Gasteiger partial charge in [-0.1, -0.05) is 18.2 Å². The van der Waals surface area contributed by atoms with E-state index < -0.39 is 0 Å². The summed E-state index contributed by atoms with van der Waals surface area (Å²) >= 11 is 1.51. The first kappa shape index (κ1) is 16.5. The molecule has 0 bridgehead atoms. The molecule has 1 amide bonds. The Morgan fingerprint density at radius 2 is 2.18 bits per heavy atom. The summed E-state index contributed by atoms with van der Waals surface area (Å²) in [6.45, 7) is 3.14. The van der Waals surface area contributed by atoms with Crippen molar-refractivity contribution in [3.63, 3.8) is 0 Å². The highest BCUT2D eigenvalue weighted by atomic mass is 32.2. The zero-order valence-electron chi connectivity index (χ0n) is 12.7. The van der Waals surface area contributed by atoms with Crippen LogP contribution in [0.1, 0.15) is 18.8 Å². The van der Waals surface area contributed by atoms with Gasteiger partial charge in [-0.15, -0.1) is 22.0 Å². The molecule has 0 saturated carbocycles. The van der Waals surface area contributed by atoms with Crippen LogP contribution in [-0.4, -0.2) is 40.1 Å². The van der Waals surface area contributed by atoms with Crippen LogP contribution < -0.4 is 5.32 Å². The predicted octanol–water partition coefficient (Wildman–Crippen LogP) is 1.89. The van der Waals surface area contributed by atoms with E-state index in [0.717, 1.165) is 10.7 Å². The molecule has 7 heteroatoms. The molecule has 0 spiro atoms. The molecule has 1 N–H and O–H groups in total. The van der Waals surface area contributed by atoms with Gasteiger partial charge in [-0.2, -0.15) is 0 Å². The van der Waals surface area contributed by atoms with Crippen molar-refractivity contribution in [1.29, 1.82) is 0 Å². The summed E-state index contributed by atoms with van der Waals surface area (Å²) in [5.41, 5.74) is 0. The van der Waals surface area contributed by atoms with Crippen LogP contribution in [0.15, 0.2) is 41.6 Å². The first-order valence-electron chi connectivity index (χ1n) is 7.04. The fourth-order valence-electron chi connectivity index (χ4n) is 1.97. The van der Waals surface area contributed by atoms with Crippen molar-refractivity contribution in [2.45, 2.75) is 24.4 Å². The SMILES string of the molecule is COCCn1cnnc1C(C)NC(=O)CSc1ccccc1. The van der Waals surface area contributed by atoms with E-state index in [-0.39, 0.29) is 11.9 Å². The Hall–Kier alpha value is -1.86. The molecule has 1 aromatic heterocycles. The number of nitrogens with one attached hydrogen (secondary N) is 1. The maximum atomic E-state index is 12.0. The lowest BCUT2D eigenvalue weighted by molar-refractivity contribution is -0.119. The van der Waals surface area contributed by atoms with Gasteiger partial charge < -0.3 is 14.6 Å². The van der Waals surface area contributed by atoms with Gasteiger partial charge in [0.2, 0.25) is 5.91 Å². The topological polar surface area (TPSA) is 69.0 Å². The molecule has 1 heterocycles. The first-order valence-corrected chi connectivity index (χ1v) is 8.03. The Kier molecular flexibility index (Phi) is 6.42. The third-order valence-electron chi connectivity index (χ3n) is 3.06. The molecule has 0 saturated heterocycles. The van der Waals surface area contributed by atoms with Gasteiger partial charge in [0.15, 0.2) is 5.82 Å². The minimum absolute atomic E-state index is 0.0253. The minimum atomic E-state index is -0.191. The minimum Gasteiger partial charge on any atom is -0.383 e. The Labute approximate surface area is 134 Å². The Morgan fingerprint density at radius 3 is 2.91 bits per heavy atom. The van der Waals surface area contributed by atoms with Crippen molar-refractivity contribution in [3.8, 4) is 0 Å². The lowest BCUT2D eigenvalue weighted by Gasteiger charge is -2.14. The first-order chi connectivity index (χ1) is 10.7. The second kappa shape index (κ2) is 8.55. The number of amides is 1. The second-order valence-electron chi connectivity index (χ2n) is 4.77. The molecule has 0 fully saturated rings. The largest absolute Gasteiger partial charge is 0.383 e. The van der Waals surface area contributed by atoms with Gasteiger partial charge in [0.25, 0.3) is 0 Å². The van der Waals surface area contributed by atoms with Crippen LogP contribution in [0.25, 0.3) is 0 Å². The maximum absolute atomic E-state index is 12.0. The summed E-state index contributed by atoms with van der Waals surface area (Å²) in [6.07, 6.45) is 1.65. The lowest BCUT2D eigenvalue weighted by Crippen LogP contribution is -2.30. The number of hydrogen-bond acceptors (Lipinski definition) is 5. The lowest BCUT2D eigenvalue weighted by atomic mass is 10.3. The third kappa shape index (κ3) is 4.85. The van der Waals surface area contributed by atoms with E-state index in [1.807, 2.05) is 41.8 Å². The number of methoxy groups -OCH3 is 1. The highest BCUT2D eigenvalue weighted by Crippen LogP contribution is 2.17. The van der Waals surface area contributed by atoms with E-state index in [0.29, 0.717) is 18.9 Å². The molecule has 0 radical (unpaired) electrons. The van der Waals surface area contributed by atoms with E-state index in [1.54, 1.807) is 13.4 Å². The molecule has 0 aliphatic heterocycles. The van der Waals surface area contributed by atoms with Gasteiger partial charge in [-0.05, 0) is 19.1 Å². The summed E-state index contributed by atoms with van der Waals surface area (Å²) in [7, 11) is 1.65. The standard InChI is InChI=1S/C15H20N4O2S/c1-12(15-18-16-11-19(15)8-9-21-2)17-14(20)10-22-13-6-4-3-5-7-13/h3-7,11-12H,8-10H2,1-2H3,(H,17,20). The highest BCUT2D eigenvalue weighted by Gasteiger charge is 2.15. The summed E-state index contributed by atoms with van der Waals surface area (Å²) in [4.78, 5) is 13.1. The highest BCUT2D eigenvalue weighted by molar-refractivity contribution is 8.00. The maximum Gasteiger partial charge on any atom is 0.230 e. The molecule has 1 atom stereocenters. The fourth-order valence-corrected chi connectivity index (χ4v) is 2.71. The summed E-state index contributed by atoms with van der Waals surface area (Å²) < 4.78 is 6.94. The Morgan fingerprint density at radius 1 is 1.41 bits per heavy atom. The van der Waals surface area contributed by atoms with Crippen LogP contribution in [0.2, 0.25) is 0 Å². The van der Waals surface area contributed by atoms with Crippen molar-refractivity contribution in [1.82, 2.24) is 20.1 Å². The molecule has 2 aromatic rings. The number of aromatic nitrogens is 3. The number of ether oxygens (including phenoxy) is 1. The number of rotatable bonds is 8. The molecule has 1 aromatic carbocycles. The molecule has 118 valence electrons. The molecular formula is C15H20N4O2S. The van der Waals surface area contributed by atoms with Gasteiger partial charge >= 0.3 is 0 Å². The number of hydrogen-bond donors (Lipinski definition) is 1. The normalized spacial score (nSPS) is 12.1. The van der Waals surface area contributed by atoms with Gasteiger partial charge in [-0.25, -0.2) is 0 Å². The second-order valence-corrected chi connectivity index (χ2v) is 5.82. The summed E-state index contributed by atoms with van der Waals surface area (Å²) in [5, 5.41) is 10.9. The summed E-state index contributed by atoms with van der Waals surface area (Å²) in [5.74, 6) is 1.08. The third-order valence-corrected chi connectivity index (χ3v) is 4.07. The van der Waals surface area contributed by atoms with Crippen molar-refractivity contribution in [2.75, 3.05) is 19.5 Å². The molecule has 0 aliphatic carbocycles. The quantitative estimate of drug-likeness (QED) is 0.752. The van der Waals surface area contributed by atoms with Crippen molar-refractivity contribution in [3.05, 3.63) is 42.5 Å². The Bertz CT molecular complexity index is 588. The molecule has 1 unspecified atom stereocenters. The van der Waals surface area contributed by atoms with E-state index >= 15 is 0 Å². The van der Waals surface area contributed by atoms with E-state index in [4.69, 9.17) is 4.74 Å². The molecule has 6 nitrogen and oxygen atoms in total. The zero-order chi connectivity index (χ0) is 15.8. The molecule has 2 rings (SSSR count). The van der Waals surface area contributed by atoms with Crippen molar-refractivity contribution < 1.29 is 9.53 Å². The fraction of sp³-hybridized carbons (Fsp3) is 0.400. The average Bonchev–Trinajstić information content (AvgIpc) is 3.00. The van der Waals surface area contributed by atoms with Crippen molar-refractivity contribution >= 4 is 17.7 Å². The summed E-state index contributed by atoms with van der Waals surface area (Å²) in [6, 6.07) is 9.66. The molecular weight excluding hydrogens is 300 g/mol. The van der Waals surface area contributed by atoms with Crippen LogP contribution in [0.5, 0.6) is 0 Å². The van der Waals surface area contributed by atoms with Gasteiger partial charge in [-0.3, -0.25) is 4.79 Å². The van der Waals surface area contributed by atoms with Crippen LogP contribution in [0.4, 0.5) is 0 Å². The molecule has 22 heavy (non-hydrogen) atoms. The number of carbonyl (C=O) groups excluding carboxylic acids is 1. The van der Waals surface area contributed by atoms with Crippen molar-refractivity contribution in [2.24, 2.45) is 0 Å². The monoisotopic (exact) mass is 320 g/mol. The number of thioether (sulfide) groups is 1. The van der Waals surface area contributed by atoms with Gasteiger partial charge in [0.1, 0.15) is 6.33 Å².